The molecule has 4 atom stereocenters. The van der Waals surface area contributed by atoms with E-state index in [1.807, 2.05) is 0 Å². The fraction of sp³-hybridized carbons (Fsp3) is 0.562. The largest absolute Gasteiger partial charge is 0.463 e. The Hall–Kier alpha value is -2.66. The van der Waals surface area contributed by atoms with Crippen LogP contribution >= 0.6 is 11.6 Å². The molecule has 2 N–H and O–H groups in total. The number of amides is 1. The Morgan fingerprint density at radius 3 is 2.25 bits per heavy atom. The zero-order valence-corrected chi connectivity index (χ0v) is 16.2. The molecule has 0 saturated carbocycles. The van der Waals surface area contributed by atoms with Crippen LogP contribution in [0.1, 0.15) is 43.2 Å². The Morgan fingerprint density at radius 1 is 1.14 bits per heavy atom. The lowest BCUT2D eigenvalue weighted by molar-refractivity contribution is -0.166. The number of carbonyl (C=O) groups excluding carboxylic acids is 4. The van der Waals surface area contributed by atoms with E-state index >= 15 is 0 Å². The molecule has 1 fully saturated rings. The first-order valence-corrected chi connectivity index (χ1v) is 8.75. The lowest BCUT2D eigenvalue weighted by Gasteiger charge is -2.23. The van der Waals surface area contributed by atoms with Crippen molar-refractivity contribution in [3.63, 3.8) is 0 Å². The van der Waals surface area contributed by atoms with Crippen molar-refractivity contribution in [3.05, 3.63) is 17.5 Å². The van der Waals surface area contributed by atoms with Gasteiger partial charge in [0.05, 0.1) is 11.6 Å². The van der Waals surface area contributed by atoms with E-state index in [0.29, 0.717) is 5.69 Å². The Morgan fingerprint density at radius 2 is 1.75 bits per heavy atom. The summed E-state index contributed by atoms with van der Waals surface area (Å²) in [5.74, 6) is -2.75. The maximum Gasteiger partial charge on any atom is 0.303 e. The van der Waals surface area contributed by atoms with E-state index in [1.54, 1.807) is 0 Å². The van der Waals surface area contributed by atoms with Gasteiger partial charge in [-0.25, -0.2) is 4.68 Å². The summed E-state index contributed by atoms with van der Waals surface area (Å²) < 4.78 is 22.5. The number of primary amides is 1. The summed E-state index contributed by atoms with van der Waals surface area (Å²) in [5, 5.41) is 4.06. The van der Waals surface area contributed by atoms with E-state index in [9.17, 15) is 19.2 Å². The van der Waals surface area contributed by atoms with E-state index in [-0.39, 0.29) is 18.2 Å². The van der Waals surface area contributed by atoms with Crippen molar-refractivity contribution >= 4 is 35.4 Å². The topological polar surface area (TPSA) is 149 Å². The molecule has 1 amide bonds. The number of nitrogens with two attached hydrogens (primary N) is 1. The first kappa shape index (κ1) is 21.6. The van der Waals surface area contributed by atoms with Crippen molar-refractivity contribution in [3.8, 4) is 0 Å². The summed E-state index contributed by atoms with van der Waals surface area (Å²) in [6.07, 6.45) is -4.28. The number of alkyl halides is 1. The van der Waals surface area contributed by atoms with Crippen LogP contribution in [0.2, 0.25) is 0 Å². The number of nitrogens with zero attached hydrogens (tertiary/aromatic N) is 2. The third-order valence-corrected chi connectivity index (χ3v) is 4.06. The van der Waals surface area contributed by atoms with Gasteiger partial charge in [-0.15, -0.1) is 11.6 Å². The molecule has 1 saturated heterocycles. The highest BCUT2D eigenvalue weighted by atomic mass is 35.5. The molecule has 0 aromatic carbocycles. The summed E-state index contributed by atoms with van der Waals surface area (Å²) >= 11 is 5.91. The van der Waals surface area contributed by atoms with Gasteiger partial charge in [0, 0.05) is 20.8 Å². The fourth-order valence-electron chi connectivity index (χ4n) is 2.76. The van der Waals surface area contributed by atoms with Crippen LogP contribution in [0.5, 0.6) is 0 Å². The van der Waals surface area contributed by atoms with Gasteiger partial charge in [-0.2, -0.15) is 5.10 Å². The van der Waals surface area contributed by atoms with E-state index in [2.05, 4.69) is 5.10 Å². The molecular formula is C16H20ClN3O8. The number of aromatic nitrogens is 2. The predicted molar refractivity (Wildman–Crippen MR) is 92.0 cm³/mol. The van der Waals surface area contributed by atoms with Gasteiger partial charge < -0.3 is 24.7 Å². The Labute approximate surface area is 165 Å². The fourth-order valence-corrected chi connectivity index (χ4v) is 2.96. The van der Waals surface area contributed by atoms with Crippen molar-refractivity contribution in [1.82, 2.24) is 9.78 Å². The second kappa shape index (κ2) is 9.02. The van der Waals surface area contributed by atoms with E-state index in [1.165, 1.54) is 31.5 Å². The maximum absolute atomic E-state index is 11.6. The molecule has 2 rings (SSSR count). The van der Waals surface area contributed by atoms with E-state index < -0.39 is 48.4 Å². The van der Waals surface area contributed by atoms with Crippen LogP contribution in [0.4, 0.5) is 0 Å². The van der Waals surface area contributed by atoms with Crippen molar-refractivity contribution in [1.29, 1.82) is 0 Å². The normalized spacial score (nSPS) is 23.9. The molecule has 0 radical (unpaired) electrons. The molecule has 0 bridgehead atoms. The van der Waals surface area contributed by atoms with E-state index in [4.69, 9.17) is 36.3 Å². The SMILES string of the molecule is CC(=O)OCC1OC(n2nc(C(N)=O)cc2CCl)C(OC(C)=O)C1OC(C)=O. The first-order valence-electron chi connectivity index (χ1n) is 8.21. The summed E-state index contributed by atoms with van der Waals surface area (Å²) in [5.41, 5.74) is 5.53. The van der Waals surface area contributed by atoms with Crippen molar-refractivity contribution in [2.75, 3.05) is 6.61 Å². The van der Waals surface area contributed by atoms with Crippen molar-refractivity contribution in [2.24, 2.45) is 5.73 Å². The Balaban J connectivity index is 2.45. The van der Waals surface area contributed by atoms with Crippen LogP contribution in [0, 0.1) is 0 Å². The van der Waals surface area contributed by atoms with Crippen LogP contribution in [0.3, 0.4) is 0 Å². The maximum atomic E-state index is 11.6. The number of hydrogen-bond acceptors (Lipinski definition) is 9. The van der Waals surface area contributed by atoms with E-state index in [0.717, 1.165) is 0 Å². The monoisotopic (exact) mass is 417 g/mol. The minimum absolute atomic E-state index is 0.0558. The van der Waals surface area contributed by atoms with Crippen LogP contribution in [0.15, 0.2) is 6.07 Å². The van der Waals surface area contributed by atoms with Crippen LogP contribution in [0.25, 0.3) is 0 Å². The van der Waals surface area contributed by atoms with Crippen molar-refractivity contribution < 1.29 is 38.1 Å². The second-order valence-electron chi connectivity index (χ2n) is 5.98. The average Bonchev–Trinajstić information content (AvgIpc) is 3.14. The number of hydrogen-bond donors (Lipinski definition) is 1. The van der Waals surface area contributed by atoms with Gasteiger partial charge in [0.15, 0.2) is 18.4 Å². The summed E-state index contributed by atoms with van der Waals surface area (Å²) in [7, 11) is 0. The minimum atomic E-state index is -1.13. The average molecular weight is 418 g/mol. The van der Waals surface area contributed by atoms with Gasteiger partial charge in [-0.05, 0) is 6.07 Å². The molecule has 12 heteroatoms. The third-order valence-electron chi connectivity index (χ3n) is 3.78. The first-order chi connectivity index (χ1) is 13.1. The van der Waals surface area contributed by atoms with Gasteiger partial charge in [0.25, 0.3) is 5.91 Å². The van der Waals surface area contributed by atoms with Crippen LogP contribution in [-0.4, -0.2) is 58.5 Å². The molecule has 28 heavy (non-hydrogen) atoms. The van der Waals surface area contributed by atoms with Gasteiger partial charge in [0.1, 0.15) is 18.4 Å². The smallest absolute Gasteiger partial charge is 0.303 e. The summed E-state index contributed by atoms with van der Waals surface area (Å²) in [4.78, 5) is 45.8. The Bertz CT molecular complexity index is 780. The molecule has 0 spiro atoms. The molecule has 1 aliphatic heterocycles. The number of rotatable bonds is 7. The lowest BCUT2D eigenvalue weighted by Crippen LogP contribution is -2.40. The number of carbonyl (C=O) groups is 4. The highest BCUT2D eigenvalue weighted by molar-refractivity contribution is 6.17. The van der Waals surface area contributed by atoms with Crippen molar-refractivity contribution in [2.45, 2.75) is 51.2 Å². The number of halogens is 1. The molecule has 1 aromatic rings. The number of ether oxygens (including phenoxy) is 4. The highest BCUT2D eigenvalue weighted by Crippen LogP contribution is 2.35. The van der Waals surface area contributed by atoms with Gasteiger partial charge in [-0.1, -0.05) is 0 Å². The molecular weight excluding hydrogens is 398 g/mol. The molecule has 11 nitrogen and oxygen atoms in total. The second-order valence-corrected chi connectivity index (χ2v) is 6.25. The lowest BCUT2D eigenvalue weighted by atomic mass is 10.1. The number of esters is 3. The third kappa shape index (κ3) is 4.98. The quantitative estimate of drug-likeness (QED) is 0.368. The zero-order chi connectivity index (χ0) is 21.0. The Kier molecular flexibility index (Phi) is 6.97. The molecule has 4 unspecified atom stereocenters. The minimum Gasteiger partial charge on any atom is -0.463 e. The standard InChI is InChI=1S/C16H20ClN3O8/c1-7(21)25-6-12-13(26-8(2)22)14(27-9(3)23)16(28-12)20-10(5-17)4-11(19-20)15(18)24/h4,12-14,16H,5-6H2,1-3H3,(H2,18,24). The van der Waals surface area contributed by atoms with Crippen LogP contribution in [-0.2, 0) is 39.2 Å². The molecule has 154 valence electrons. The summed E-state index contributed by atoms with van der Waals surface area (Å²) in [6, 6.07) is 1.36. The molecule has 0 aliphatic carbocycles. The zero-order valence-electron chi connectivity index (χ0n) is 15.4. The van der Waals surface area contributed by atoms with Gasteiger partial charge >= 0.3 is 17.9 Å². The highest BCUT2D eigenvalue weighted by Gasteiger charge is 2.51. The van der Waals surface area contributed by atoms with Gasteiger partial charge in [-0.3, -0.25) is 19.2 Å². The molecule has 1 aliphatic rings. The van der Waals surface area contributed by atoms with Gasteiger partial charge in [0.2, 0.25) is 0 Å². The molecule has 1 aromatic heterocycles. The van der Waals surface area contributed by atoms with Crippen LogP contribution < -0.4 is 5.73 Å². The molecule has 2 heterocycles. The summed E-state index contributed by atoms with van der Waals surface area (Å²) in [6.45, 7) is 3.28. The predicted octanol–water partition coefficient (Wildman–Crippen LogP) is 0.0447.